The second kappa shape index (κ2) is 6.05. The fraction of sp³-hybridized carbons (Fsp3) is 1.00. The summed E-state index contributed by atoms with van der Waals surface area (Å²) in [6.45, 7) is 9.16. The van der Waals surface area contributed by atoms with Crippen molar-refractivity contribution in [1.82, 2.24) is 0 Å². The first-order valence-electron chi connectivity index (χ1n) is 4.75. The van der Waals surface area contributed by atoms with Crippen LogP contribution in [0.4, 0.5) is 0 Å². The Bertz CT molecular complexity index is 88.9. The highest BCUT2D eigenvalue weighted by Crippen LogP contribution is 2.25. The van der Waals surface area contributed by atoms with Gasteiger partial charge in [0.05, 0.1) is 0 Å². The second-order valence-corrected chi connectivity index (χ2v) is 5.04. The van der Waals surface area contributed by atoms with Crippen LogP contribution in [0, 0.1) is 11.8 Å². The van der Waals surface area contributed by atoms with E-state index < -0.39 is 0 Å². The SMILES string of the molecule is CCC(C)CC(CC)C(C)Br. The van der Waals surface area contributed by atoms with Gasteiger partial charge >= 0.3 is 0 Å². The summed E-state index contributed by atoms with van der Waals surface area (Å²) in [5, 5.41) is 0. The van der Waals surface area contributed by atoms with Gasteiger partial charge in [0, 0.05) is 4.83 Å². The van der Waals surface area contributed by atoms with Crippen molar-refractivity contribution in [3.05, 3.63) is 0 Å². The number of halogens is 1. The summed E-state index contributed by atoms with van der Waals surface area (Å²) in [7, 11) is 0. The van der Waals surface area contributed by atoms with Gasteiger partial charge in [0.25, 0.3) is 0 Å². The van der Waals surface area contributed by atoms with E-state index in [4.69, 9.17) is 0 Å². The number of hydrogen-bond acceptors (Lipinski definition) is 0. The van der Waals surface area contributed by atoms with Crippen molar-refractivity contribution in [2.24, 2.45) is 11.8 Å². The van der Waals surface area contributed by atoms with E-state index in [1.807, 2.05) is 0 Å². The zero-order valence-corrected chi connectivity index (χ0v) is 9.82. The molecule has 0 heterocycles. The van der Waals surface area contributed by atoms with Gasteiger partial charge < -0.3 is 0 Å². The lowest BCUT2D eigenvalue weighted by Crippen LogP contribution is -2.13. The maximum atomic E-state index is 3.66. The average molecular weight is 221 g/mol. The molecule has 0 saturated carbocycles. The lowest BCUT2D eigenvalue weighted by molar-refractivity contribution is 0.374. The molecule has 0 saturated heterocycles. The van der Waals surface area contributed by atoms with Gasteiger partial charge in [-0.2, -0.15) is 0 Å². The van der Waals surface area contributed by atoms with Crippen molar-refractivity contribution in [1.29, 1.82) is 0 Å². The van der Waals surface area contributed by atoms with Crippen molar-refractivity contribution in [2.75, 3.05) is 0 Å². The quantitative estimate of drug-likeness (QED) is 0.609. The van der Waals surface area contributed by atoms with E-state index in [9.17, 15) is 0 Å². The molecule has 68 valence electrons. The third-order valence-corrected chi connectivity index (χ3v) is 3.32. The van der Waals surface area contributed by atoms with E-state index in [0.717, 1.165) is 11.8 Å². The van der Waals surface area contributed by atoms with Crippen LogP contribution in [0.3, 0.4) is 0 Å². The zero-order valence-electron chi connectivity index (χ0n) is 8.23. The molecule has 0 bridgehead atoms. The van der Waals surface area contributed by atoms with Crippen LogP contribution in [0.15, 0.2) is 0 Å². The van der Waals surface area contributed by atoms with Crippen LogP contribution in [0.25, 0.3) is 0 Å². The van der Waals surface area contributed by atoms with Crippen LogP contribution in [0.2, 0.25) is 0 Å². The normalized spacial score (nSPS) is 19.4. The number of hydrogen-bond donors (Lipinski definition) is 0. The van der Waals surface area contributed by atoms with Gasteiger partial charge in [-0.05, 0) is 18.3 Å². The van der Waals surface area contributed by atoms with Gasteiger partial charge in [-0.25, -0.2) is 0 Å². The molecule has 0 aliphatic rings. The fourth-order valence-electron chi connectivity index (χ4n) is 1.36. The number of alkyl halides is 1. The fourth-order valence-corrected chi connectivity index (χ4v) is 1.95. The average Bonchev–Trinajstić information content (AvgIpc) is 1.99. The first kappa shape index (κ1) is 11.5. The Morgan fingerprint density at radius 2 is 1.64 bits per heavy atom. The molecular formula is C10H21Br. The second-order valence-electron chi connectivity index (χ2n) is 3.59. The summed E-state index contributed by atoms with van der Waals surface area (Å²) < 4.78 is 0. The molecule has 0 aromatic heterocycles. The van der Waals surface area contributed by atoms with Gasteiger partial charge in [0.1, 0.15) is 0 Å². The van der Waals surface area contributed by atoms with Gasteiger partial charge in [-0.1, -0.05) is 56.5 Å². The lowest BCUT2D eigenvalue weighted by Gasteiger charge is -2.20. The van der Waals surface area contributed by atoms with Crippen molar-refractivity contribution in [3.8, 4) is 0 Å². The van der Waals surface area contributed by atoms with Gasteiger partial charge in [-0.3, -0.25) is 0 Å². The van der Waals surface area contributed by atoms with Crippen LogP contribution in [-0.2, 0) is 0 Å². The van der Waals surface area contributed by atoms with Crippen LogP contribution < -0.4 is 0 Å². The minimum absolute atomic E-state index is 0.682. The van der Waals surface area contributed by atoms with E-state index in [-0.39, 0.29) is 0 Å². The lowest BCUT2D eigenvalue weighted by atomic mass is 9.90. The van der Waals surface area contributed by atoms with E-state index in [0.29, 0.717) is 4.83 Å². The molecule has 0 N–H and O–H groups in total. The summed E-state index contributed by atoms with van der Waals surface area (Å²) in [6, 6.07) is 0. The topological polar surface area (TPSA) is 0 Å². The van der Waals surface area contributed by atoms with E-state index in [1.54, 1.807) is 0 Å². The largest absolute Gasteiger partial charge is 0.0891 e. The molecule has 0 amide bonds. The smallest absolute Gasteiger partial charge is 0.0145 e. The molecular weight excluding hydrogens is 200 g/mol. The summed E-state index contributed by atoms with van der Waals surface area (Å²) in [6.07, 6.45) is 3.99. The number of rotatable bonds is 5. The summed E-state index contributed by atoms with van der Waals surface area (Å²) in [5.74, 6) is 1.75. The zero-order chi connectivity index (χ0) is 8.85. The Kier molecular flexibility index (Phi) is 6.31. The van der Waals surface area contributed by atoms with E-state index in [1.165, 1.54) is 19.3 Å². The van der Waals surface area contributed by atoms with Crippen LogP contribution in [-0.4, -0.2) is 4.83 Å². The van der Waals surface area contributed by atoms with E-state index >= 15 is 0 Å². The Hall–Kier alpha value is 0.480. The third-order valence-electron chi connectivity index (χ3n) is 2.58. The molecule has 0 aliphatic carbocycles. The molecule has 0 aliphatic heterocycles. The standard InChI is InChI=1S/C10H21Br/c1-5-8(3)7-10(6-2)9(4)11/h8-10H,5-7H2,1-4H3. The molecule has 0 aromatic carbocycles. The monoisotopic (exact) mass is 220 g/mol. The Morgan fingerprint density at radius 1 is 1.09 bits per heavy atom. The van der Waals surface area contributed by atoms with Gasteiger partial charge in [0.2, 0.25) is 0 Å². The van der Waals surface area contributed by atoms with Crippen LogP contribution in [0.5, 0.6) is 0 Å². The highest BCUT2D eigenvalue weighted by atomic mass is 79.9. The Labute approximate surface area is 79.9 Å². The minimum atomic E-state index is 0.682. The summed E-state index contributed by atoms with van der Waals surface area (Å²) in [5.41, 5.74) is 0. The molecule has 0 aromatic rings. The predicted octanol–water partition coefficient (Wildman–Crippen LogP) is 4.23. The Balaban J connectivity index is 3.68. The summed E-state index contributed by atoms with van der Waals surface area (Å²) >= 11 is 3.66. The van der Waals surface area contributed by atoms with Crippen LogP contribution >= 0.6 is 15.9 Å². The Morgan fingerprint density at radius 3 is 1.91 bits per heavy atom. The summed E-state index contributed by atoms with van der Waals surface area (Å²) in [4.78, 5) is 0.682. The van der Waals surface area contributed by atoms with E-state index in [2.05, 4.69) is 43.6 Å². The molecule has 0 rings (SSSR count). The highest BCUT2D eigenvalue weighted by molar-refractivity contribution is 9.09. The molecule has 0 fully saturated rings. The maximum Gasteiger partial charge on any atom is 0.0145 e. The van der Waals surface area contributed by atoms with Crippen molar-refractivity contribution in [2.45, 2.75) is 51.8 Å². The molecule has 0 nitrogen and oxygen atoms in total. The molecule has 11 heavy (non-hydrogen) atoms. The predicted molar refractivity (Wildman–Crippen MR) is 56.2 cm³/mol. The first-order valence-corrected chi connectivity index (χ1v) is 5.67. The first-order chi connectivity index (χ1) is 5.11. The van der Waals surface area contributed by atoms with Gasteiger partial charge in [0.15, 0.2) is 0 Å². The molecule has 0 radical (unpaired) electrons. The minimum Gasteiger partial charge on any atom is -0.0891 e. The third kappa shape index (κ3) is 4.84. The van der Waals surface area contributed by atoms with Crippen molar-refractivity contribution in [3.63, 3.8) is 0 Å². The van der Waals surface area contributed by atoms with Crippen LogP contribution in [0.1, 0.15) is 47.0 Å². The van der Waals surface area contributed by atoms with Crippen molar-refractivity contribution < 1.29 is 0 Å². The molecule has 1 heteroatoms. The molecule has 3 unspecified atom stereocenters. The molecule has 3 atom stereocenters. The van der Waals surface area contributed by atoms with Crippen molar-refractivity contribution >= 4 is 15.9 Å². The van der Waals surface area contributed by atoms with Gasteiger partial charge in [-0.15, -0.1) is 0 Å². The molecule has 0 spiro atoms. The highest BCUT2D eigenvalue weighted by Gasteiger charge is 2.14. The maximum absolute atomic E-state index is 3.66.